The van der Waals surface area contributed by atoms with E-state index in [1.807, 2.05) is 0 Å². The van der Waals surface area contributed by atoms with E-state index in [4.69, 9.17) is 4.74 Å². The van der Waals surface area contributed by atoms with Crippen LogP contribution in [0, 0.1) is 0 Å². The van der Waals surface area contributed by atoms with E-state index in [2.05, 4.69) is 43.9 Å². The molecule has 0 unspecified atom stereocenters. The van der Waals surface area contributed by atoms with Crippen molar-refractivity contribution in [3.63, 3.8) is 0 Å². The number of anilines is 1. The van der Waals surface area contributed by atoms with Crippen molar-refractivity contribution < 1.29 is 4.74 Å². The second-order valence-electron chi connectivity index (χ2n) is 5.88. The Kier molecular flexibility index (Phi) is 2.44. The number of ether oxygens (including phenoxy) is 1. The van der Waals surface area contributed by atoms with Crippen molar-refractivity contribution in [3.8, 4) is 5.75 Å². The number of rotatable bonds is 1. The molecule has 2 heterocycles. The van der Waals surface area contributed by atoms with Crippen LogP contribution in [0.2, 0.25) is 0 Å². The second-order valence-corrected chi connectivity index (χ2v) is 5.88. The molecule has 0 N–H and O–H groups in total. The monoisotopic (exact) mass is 243 g/mol. The molecule has 0 bridgehead atoms. The van der Waals surface area contributed by atoms with Crippen LogP contribution in [-0.4, -0.2) is 19.2 Å². The summed E-state index contributed by atoms with van der Waals surface area (Å²) < 4.78 is 5.54. The van der Waals surface area contributed by atoms with Gasteiger partial charge in [-0.1, -0.05) is 6.08 Å². The highest BCUT2D eigenvalue weighted by molar-refractivity contribution is 5.85. The van der Waals surface area contributed by atoms with Crippen LogP contribution in [0.25, 0.3) is 5.57 Å². The van der Waals surface area contributed by atoms with E-state index < -0.39 is 0 Å². The van der Waals surface area contributed by atoms with E-state index in [9.17, 15) is 0 Å². The molecule has 18 heavy (non-hydrogen) atoms. The molecule has 0 atom stereocenters. The van der Waals surface area contributed by atoms with Crippen LogP contribution in [0.3, 0.4) is 0 Å². The van der Waals surface area contributed by atoms with Gasteiger partial charge in [-0.3, -0.25) is 0 Å². The topological polar surface area (TPSA) is 12.5 Å². The molecule has 1 aromatic rings. The van der Waals surface area contributed by atoms with Gasteiger partial charge in [0.1, 0.15) is 5.75 Å². The summed E-state index contributed by atoms with van der Waals surface area (Å²) in [5.74, 6) is 1.05. The number of methoxy groups -OCH3 is 1. The smallest absolute Gasteiger partial charge is 0.124 e. The molecule has 0 spiro atoms. The van der Waals surface area contributed by atoms with Gasteiger partial charge in [-0.15, -0.1) is 0 Å². The summed E-state index contributed by atoms with van der Waals surface area (Å²) in [4.78, 5) is 2.54. The van der Waals surface area contributed by atoms with Crippen molar-refractivity contribution in [2.75, 3.05) is 18.6 Å². The normalized spacial score (nSPS) is 20.2. The van der Waals surface area contributed by atoms with Crippen LogP contribution in [0.1, 0.15) is 38.3 Å². The third kappa shape index (κ3) is 1.48. The summed E-state index contributed by atoms with van der Waals surface area (Å²) in [5.41, 5.74) is 5.67. The van der Waals surface area contributed by atoms with Crippen molar-refractivity contribution in [2.24, 2.45) is 0 Å². The lowest BCUT2D eigenvalue weighted by Crippen LogP contribution is -2.47. The first-order valence-electron chi connectivity index (χ1n) is 6.72. The molecule has 0 aliphatic carbocycles. The predicted octanol–water partition coefficient (Wildman–Crippen LogP) is 3.64. The molecule has 2 aliphatic heterocycles. The van der Waals surface area contributed by atoms with Crippen LogP contribution in [-0.2, 0) is 6.42 Å². The standard InChI is InChI=1S/C16H21NO/c1-11-10-16(2,3)17-9-5-6-13-14(18-4)8-7-12(11)15(13)17/h7-8,10H,5-6,9H2,1-4H3. The molecule has 1 aromatic carbocycles. The highest BCUT2D eigenvalue weighted by Gasteiger charge is 2.35. The fourth-order valence-electron chi connectivity index (χ4n) is 3.46. The molecule has 2 nitrogen and oxygen atoms in total. The number of hydrogen-bond donors (Lipinski definition) is 0. The van der Waals surface area contributed by atoms with Crippen molar-refractivity contribution >= 4 is 11.3 Å². The fraction of sp³-hybridized carbons (Fsp3) is 0.500. The van der Waals surface area contributed by atoms with Crippen LogP contribution in [0.5, 0.6) is 5.75 Å². The molecule has 96 valence electrons. The highest BCUT2D eigenvalue weighted by atomic mass is 16.5. The van der Waals surface area contributed by atoms with Crippen molar-refractivity contribution in [1.29, 1.82) is 0 Å². The minimum atomic E-state index is 0.110. The van der Waals surface area contributed by atoms with Gasteiger partial charge in [-0.25, -0.2) is 0 Å². The Balaban J connectivity index is 2.29. The second kappa shape index (κ2) is 3.78. The molecule has 3 rings (SSSR count). The van der Waals surface area contributed by atoms with E-state index in [0.717, 1.165) is 18.7 Å². The quantitative estimate of drug-likeness (QED) is 0.746. The van der Waals surface area contributed by atoms with Crippen LogP contribution < -0.4 is 9.64 Å². The summed E-state index contributed by atoms with van der Waals surface area (Å²) >= 11 is 0. The Hall–Kier alpha value is -1.44. The molecule has 0 amide bonds. The van der Waals surface area contributed by atoms with Crippen LogP contribution in [0.15, 0.2) is 18.2 Å². The zero-order valence-electron chi connectivity index (χ0n) is 11.7. The van der Waals surface area contributed by atoms with Gasteiger partial charge < -0.3 is 9.64 Å². The zero-order chi connectivity index (χ0) is 12.9. The largest absolute Gasteiger partial charge is 0.496 e. The third-order valence-electron chi connectivity index (χ3n) is 4.23. The Morgan fingerprint density at radius 2 is 2.06 bits per heavy atom. The van der Waals surface area contributed by atoms with Crippen molar-refractivity contribution in [3.05, 3.63) is 29.3 Å². The molecule has 0 fully saturated rings. The lowest BCUT2D eigenvalue weighted by Gasteiger charge is -2.46. The minimum Gasteiger partial charge on any atom is -0.496 e. The predicted molar refractivity (Wildman–Crippen MR) is 76.4 cm³/mol. The molecule has 2 aliphatic rings. The van der Waals surface area contributed by atoms with Gasteiger partial charge in [0.2, 0.25) is 0 Å². The maximum atomic E-state index is 5.54. The summed E-state index contributed by atoms with van der Waals surface area (Å²) in [6.07, 6.45) is 4.73. The first-order valence-corrected chi connectivity index (χ1v) is 6.72. The summed E-state index contributed by atoms with van der Waals surface area (Å²) in [6, 6.07) is 4.32. The fourth-order valence-corrected chi connectivity index (χ4v) is 3.46. The molecule has 0 saturated heterocycles. The van der Waals surface area contributed by atoms with Crippen LogP contribution in [0.4, 0.5) is 5.69 Å². The number of benzene rings is 1. The maximum absolute atomic E-state index is 5.54. The zero-order valence-corrected chi connectivity index (χ0v) is 11.7. The van der Waals surface area contributed by atoms with E-state index in [0.29, 0.717) is 0 Å². The van der Waals surface area contributed by atoms with E-state index in [-0.39, 0.29) is 5.54 Å². The maximum Gasteiger partial charge on any atom is 0.124 e. The average Bonchev–Trinajstić information content (AvgIpc) is 2.34. The molecular formula is C16H21NO. The Morgan fingerprint density at radius 3 is 2.78 bits per heavy atom. The van der Waals surface area contributed by atoms with Gasteiger partial charge >= 0.3 is 0 Å². The number of allylic oxidation sites excluding steroid dienone is 1. The molecule has 0 aromatic heterocycles. The summed E-state index contributed by atoms with van der Waals surface area (Å²) in [7, 11) is 1.77. The molecule has 0 radical (unpaired) electrons. The van der Waals surface area contributed by atoms with Crippen molar-refractivity contribution in [1.82, 2.24) is 0 Å². The SMILES string of the molecule is COc1ccc2c3c1CCCN3C(C)(C)C=C2C. The van der Waals surface area contributed by atoms with E-state index in [1.54, 1.807) is 7.11 Å². The lowest BCUT2D eigenvalue weighted by molar-refractivity contribution is 0.405. The molecular weight excluding hydrogens is 222 g/mol. The van der Waals surface area contributed by atoms with Gasteiger partial charge in [0.15, 0.2) is 0 Å². The van der Waals surface area contributed by atoms with E-state index in [1.165, 1.54) is 28.8 Å². The van der Waals surface area contributed by atoms with Crippen LogP contribution >= 0.6 is 0 Å². The highest BCUT2D eigenvalue weighted by Crippen LogP contribution is 2.46. The first kappa shape index (κ1) is 11.6. The summed E-state index contributed by atoms with van der Waals surface area (Å²) in [6.45, 7) is 7.96. The summed E-state index contributed by atoms with van der Waals surface area (Å²) in [5, 5.41) is 0. The third-order valence-corrected chi connectivity index (χ3v) is 4.23. The van der Waals surface area contributed by atoms with Gasteiger partial charge in [-0.2, -0.15) is 0 Å². The average molecular weight is 243 g/mol. The van der Waals surface area contributed by atoms with Gasteiger partial charge in [-0.05, 0) is 51.3 Å². The Morgan fingerprint density at radius 1 is 1.28 bits per heavy atom. The Labute approximate surface area is 109 Å². The molecule has 0 saturated carbocycles. The van der Waals surface area contributed by atoms with Gasteiger partial charge in [0.05, 0.1) is 18.3 Å². The first-order chi connectivity index (χ1) is 8.54. The van der Waals surface area contributed by atoms with E-state index >= 15 is 0 Å². The molecule has 2 heteroatoms. The number of nitrogens with zero attached hydrogens (tertiary/aromatic N) is 1. The number of hydrogen-bond acceptors (Lipinski definition) is 2. The van der Waals surface area contributed by atoms with Crippen molar-refractivity contribution in [2.45, 2.75) is 39.2 Å². The lowest BCUT2D eigenvalue weighted by atomic mass is 9.83. The van der Waals surface area contributed by atoms with Gasteiger partial charge in [0, 0.05) is 17.7 Å². The minimum absolute atomic E-state index is 0.110. The Bertz CT molecular complexity index is 528. The van der Waals surface area contributed by atoms with Gasteiger partial charge in [0.25, 0.3) is 0 Å².